The van der Waals surface area contributed by atoms with Crippen LogP contribution >= 0.6 is 0 Å². The molecule has 8 heteroatoms. The van der Waals surface area contributed by atoms with Gasteiger partial charge in [0.2, 0.25) is 0 Å². The van der Waals surface area contributed by atoms with Crippen molar-refractivity contribution in [3.63, 3.8) is 0 Å². The third-order valence-electron chi connectivity index (χ3n) is 9.85. The number of carbonyl (C=O) groups is 1. The Balaban J connectivity index is 0. The van der Waals surface area contributed by atoms with Crippen LogP contribution in [0.15, 0.2) is 24.3 Å². The fraction of sp³-hybridized carbons (Fsp3) is 0.889. The molecule has 0 radical (unpaired) electrons. The zero-order chi connectivity index (χ0) is 39.4. The molecule has 0 saturated carbocycles. The first-order valence-corrected chi connectivity index (χ1v) is 22.5. The van der Waals surface area contributed by atoms with Gasteiger partial charge in [-0.1, -0.05) is 154 Å². The van der Waals surface area contributed by atoms with Crippen LogP contribution in [0.2, 0.25) is 0 Å². The smallest absolute Gasteiger partial charge is 0.475 e. The van der Waals surface area contributed by atoms with Gasteiger partial charge in [0.1, 0.15) is 0 Å². The van der Waals surface area contributed by atoms with Crippen LogP contribution in [0.3, 0.4) is 0 Å². The first kappa shape index (κ1) is 53.7. The van der Waals surface area contributed by atoms with E-state index in [0.717, 1.165) is 26.1 Å². The fourth-order valence-electron chi connectivity index (χ4n) is 6.45. The first-order chi connectivity index (χ1) is 25.8. The molecule has 0 fully saturated rings. The summed E-state index contributed by atoms with van der Waals surface area (Å²) in [6, 6.07) is 0. The maximum atomic E-state index is 10.6. The van der Waals surface area contributed by atoms with Gasteiger partial charge < -0.3 is 21.1 Å². The maximum absolute atomic E-state index is 10.6. The molecule has 0 saturated heterocycles. The third-order valence-corrected chi connectivity index (χ3v) is 9.85. The number of aliphatic carboxylic acids is 1. The van der Waals surface area contributed by atoms with Gasteiger partial charge in [-0.25, -0.2) is 4.79 Å². The predicted octanol–water partition coefficient (Wildman–Crippen LogP) is 13.7. The van der Waals surface area contributed by atoms with E-state index >= 15 is 0 Å². The zero-order valence-corrected chi connectivity index (χ0v) is 35.0. The number of allylic oxidation sites excluding steroid dienone is 4. The third kappa shape index (κ3) is 48.6. The molecular weight excluding hydrogens is 672 g/mol. The molecule has 0 aliphatic carbocycles. The Kier molecular flexibility index (Phi) is 45.6. The molecular formula is C45H88F3N3O2. The molecule has 0 aromatic rings. The summed E-state index contributed by atoms with van der Waals surface area (Å²) in [4.78, 5) is 11.7. The van der Waals surface area contributed by atoms with Crippen LogP contribution in [-0.4, -0.2) is 61.4 Å². The lowest BCUT2D eigenvalue weighted by atomic mass is 10.1. The Hall–Kier alpha value is -1.38. The normalized spacial score (nSPS) is 12.0. The van der Waals surface area contributed by atoms with Crippen LogP contribution in [0.25, 0.3) is 0 Å². The summed E-state index contributed by atoms with van der Waals surface area (Å²) in [6.45, 7) is 11.6. The molecule has 53 heavy (non-hydrogen) atoms. The Morgan fingerprint density at radius 3 is 1.15 bits per heavy atom. The number of hydrogen-bond acceptors (Lipinski definition) is 4. The summed E-state index contributed by atoms with van der Waals surface area (Å²) in [5, 5.41) is 10.8. The Morgan fingerprint density at radius 2 is 0.811 bits per heavy atom. The van der Waals surface area contributed by atoms with E-state index in [9.17, 15) is 13.2 Å². The van der Waals surface area contributed by atoms with Crippen LogP contribution in [0, 0.1) is 0 Å². The highest BCUT2D eigenvalue weighted by molar-refractivity contribution is 5.73. The number of unbranched alkanes of at least 4 members (excludes halogenated alkanes) is 25. The molecule has 4 N–H and O–H groups in total. The molecule has 0 heterocycles. The number of halogens is 3. The zero-order valence-electron chi connectivity index (χ0n) is 35.0. The van der Waals surface area contributed by atoms with Crippen molar-refractivity contribution in [3.8, 4) is 0 Å². The van der Waals surface area contributed by atoms with E-state index in [1.165, 1.54) is 212 Å². The van der Waals surface area contributed by atoms with E-state index in [4.69, 9.17) is 15.6 Å². The summed E-state index contributed by atoms with van der Waals surface area (Å²) in [5.41, 5.74) is 5.64. The van der Waals surface area contributed by atoms with Gasteiger partial charge in [-0.3, -0.25) is 0 Å². The molecule has 0 aliphatic rings. The van der Waals surface area contributed by atoms with Gasteiger partial charge in [-0.2, -0.15) is 13.2 Å². The van der Waals surface area contributed by atoms with Gasteiger partial charge in [-0.05, 0) is 123 Å². The van der Waals surface area contributed by atoms with Gasteiger partial charge in [-0.15, -0.1) is 0 Å². The van der Waals surface area contributed by atoms with Crippen LogP contribution in [0.5, 0.6) is 0 Å². The largest absolute Gasteiger partial charge is 0.490 e. The molecule has 0 atom stereocenters. The van der Waals surface area contributed by atoms with E-state index in [1.54, 1.807) is 0 Å². The summed E-state index contributed by atoms with van der Waals surface area (Å²) in [6.07, 6.45) is 47.3. The van der Waals surface area contributed by atoms with Crippen LogP contribution in [-0.2, 0) is 4.79 Å². The maximum Gasteiger partial charge on any atom is 0.490 e. The minimum Gasteiger partial charge on any atom is -0.475 e. The van der Waals surface area contributed by atoms with E-state index in [1.807, 2.05) is 0 Å². The lowest BCUT2D eigenvalue weighted by Crippen LogP contribution is -2.30. The van der Waals surface area contributed by atoms with Crippen molar-refractivity contribution in [2.45, 2.75) is 219 Å². The Morgan fingerprint density at radius 1 is 0.509 bits per heavy atom. The number of carboxylic acids is 1. The molecule has 0 bridgehead atoms. The van der Waals surface area contributed by atoms with E-state index in [2.05, 4.69) is 48.4 Å². The van der Waals surface area contributed by atoms with Gasteiger partial charge in [0.25, 0.3) is 0 Å². The monoisotopic (exact) mass is 760 g/mol. The van der Waals surface area contributed by atoms with Gasteiger partial charge in [0.15, 0.2) is 0 Å². The molecule has 0 rings (SSSR count). The molecule has 0 spiro atoms. The van der Waals surface area contributed by atoms with Gasteiger partial charge in [0.05, 0.1) is 0 Å². The van der Waals surface area contributed by atoms with Crippen LogP contribution < -0.4 is 11.1 Å². The average Bonchev–Trinajstić information content (AvgIpc) is 3.13. The SMILES string of the molecule is CCCCCCCC/C=C\CCCCCCCCN(CCCCCCCC/C=C\CCCCCCCC)CCCNCCCCN.O=C(O)C(F)(F)F. The Bertz CT molecular complexity index is 735. The summed E-state index contributed by atoms with van der Waals surface area (Å²) >= 11 is 0. The molecule has 0 aliphatic heterocycles. The van der Waals surface area contributed by atoms with Crippen LogP contribution in [0.4, 0.5) is 13.2 Å². The van der Waals surface area contributed by atoms with E-state index < -0.39 is 12.1 Å². The minimum atomic E-state index is -5.08. The van der Waals surface area contributed by atoms with Gasteiger partial charge >= 0.3 is 12.1 Å². The fourth-order valence-corrected chi connectivity index (χ4v) is 6.45. The van der Waals surface area contributed by atoms with E-state index in [-0.39, 0.29) is 0 Å². The molecule has 0 aromatic heterocycles. The second-order valence-corrected chi connectivity index (χ2v) is 15.1. The highest BCUT2D eigenvalue weighted by Crippen LogP contribution is 2.14. The van der Waals surface area contributed by atoms with Gasteiger partial charge in [0, 0.05) is 0 Å². The van der Waals surface area contributed by atoms with Crippen molar-refractivity contribution in [2.24, 2.45) is 5.73 Å². The highest BCUT2D eigenvalue weighted by Gasteiger charge is 2.38. The second-order valence-electron chi connectivity index (χ2n) is 15.1. The van der Waals surface area contributed by atoms with Crippen molar-refractivity contribution < 1.29 is 23.1 Å². The lowest BCUT2D eigenvalue weighted by molar-refractivity contribution is -0.192. The highest BCUT2D eigenvalue weighted by atomic mass is 19.4. The Labute approximate surface area is 327 Å². The number of nitrogens with two attached hydrogens (primary N) is 1. The van der Waals surface area contributed by atoms with Crippen LogP contribution in [0.1, 0.15) is 213 Å². The first-order valence-electron chi connectivity index (χ1n) is 22.5. The summed E-state index contributed by atoms with van der Waals surface area (Å²) in [7, 11) is 0. The number of carboxylic acid groups (broad SMARTS) is 1. The predicted molar refractivity (Wildman–Crippen MR) is 225 cm³/mol. The number of nitrogens with zero attached hydrogens (tertiary/aromatic N) is 1. The summed E-state index contributed by atoms with van der Waals surface area (Å²) in [5.74, 6) is -2.76. The second kappa shape index (κ2) is 45.0. The minimum absolute atomic E-state index is 0.822. The topological polar surface area (TPSA) is 78.6 Å². The molecule has 0 aromatic carbocycles. The quantitative estimate of drug-likeness (QED) is 0.0428. The van der Waals surface area contributed by atoms with E-state index in [0.29, 0.717) is 0 Å². The average molecular weight is 760 g/mol. The van der Waals surface area contributed by atoms with Crippen molar-refractivity contribution in [1.29, 1.82) is 0 Å². The van der Waals surface area contributed by atoms with Crippen molar-refractivity contribution >= 4 is 5.97 Å². The standard InChI is InChI=1S/C43H87N3.C2HF3O2/c1-3-5-7-9-11-13-15-17-19-21-23-25-27-29-31-35-41-46(43-37-40-45-39-34-33-38-44)42-36-32-30-28-26-24-22-20-18-16-14-12-10-8-6-4-2;3-2(4,5)1(6)7/h17-20,45H,3-16,21-44H2,1-2H3;(H,6,7)/b19-17-,20-18-;. The van der Waals surface area contributed by atoms with Crippen molar-refractivity contribution in [3.05, 3.63) is 24.3 Å². The lowest BCUT2D eigenvalue weighted by Gasteiger charge is -2.22. The molecule has 0 amide bonds. The number of rotatable bonds is 40. The molecule has 316 valence electrons. The van der Waals surface area contributed by atoms with Crippen molar-refractivity contribution in [1.82, 2.24) is 10.2 Å². The summed E-state index contributed by atoms with van der Waals surface area (Å²) < 4.78 is 31.7. The number of alkyl halides is 3. The number of nitrogens with one attached hydrogen (secondary N) is 1. The van der Waals surface area contributed by atoms with Crippen molar-refractivity contribution in [2.75, 3.05) is 39.3 Å². The molecule has 0 unspecified atom stereocenters. The molecule has 5 nitrogen and oxygen atoms in total. The number of hydrogen-bond donors (Lipinski definition) is 3.